The van der Waals surface area contributed by atoms with Gasteiger partial charge in [0.25, 0.3) is 0 Å². The molecular weight excluding hydrogens is 158 g/mol. The molecule has 0 bridgehead atoms. The van der Waals surface area contributed by atoms with E-state index in [4.69, 9.17) is 5.73 Å². The molecule has 0 aliphatic rings. The Kier molecular flexibility index (Phi) is 1.29. The average Bonchev–Trinajstić information content (AvgIpc) is 2.32. The van der Waals surface area contributed by atoms with Gasteiger partial charge in [0.2, 0.25) is 0 Å². The quantitative estimate of drug-likeness (QED) is 0.517. The zero-order valence-corrected chi connectivity index (χ0v) is 6.60. The molecular formula is C7H7N3S. The first-order chi connectivity index (χ1) is 5.27. The van der Waals surface area contributed by atoms with Crippen LogP contribution in [-0.4, -0.2) is 10.2 Å². The van der Waals surface area contributed by atoms with Crippen LogP contribution in [0.25, 0.3) is 10.9 Å². The van der Waals surface area contributed by atoms with E-state index in [1.54, 1.807) is 0 Å². The number of nitrogens with zero attached hydrogens (tertiary/aromatic N) is 1. The molecule has 0 spiro atoms. The number of H-pyrrole nitrogens is 1. The smallest absolute Gasteiger partial charge is 0.153 e. The van der Waals surface area contributed by atoms with Crippen molar-refractivity contribution in [2.45, 2.75) is 4.90 Å². The minimum Gasteiger partial charge on any atom is -0.382 e. The molecule has 3 N–H and O–H groups in total. The highest BCUT2D eigenvalue weighted by molar-refractivity contribution is 7.80. The van der Waals surface area contributed by atoms with Gasteiger partial charge in [0.05, 0.1) is 5.52 Å². The van der Waals surface area contributed by atoms with Crippen molar-refractivity contribution in [1.82, 2.24) is 10.2 Å². The van der Waals surface area contributed by atoms with Gasteiger partial charge in [-0.3, -0.25) is 5.10 Å². The number of anilines is 1. The lowest BCUT2D eigenvalue weighted by Crippen LogP contribution is -1.83. The molecule has 4 heteroatoms. The summed E-state index contributed by atoms with van der Waals surface area (Å²) in [5.74, 6) is 0.535. The summed E-state index contributed by atoms with van der Waals surface area (Å²) in [5, 5.41) is 7.61. The maximum absolute atomic E-state index is 5.56. The number of nitrogen functional groups attached to an aromatic ring is 1. The van der Waals surface area contributed by atoms with Gasteiger partial charge in [-0.1, -0.05) is 0 Å². The summed E-state index contributed by atoms with van der Waals surface area (Å²) in [4.78, 5) is 0.904. The largest absolute Gasteiger partial charge is 0.382 e. The van der Waals surface area contributed by atoms with Crippen LogP contribution in [0, 0.1) is 0 Å². The Labute approximate surface area is 69.0 Å². The van der Waals surface area contributed by atoms with Crippen molar-refractivity contribution in [3.63, 3.8) is 0 Å². The second-order valence-electron chi connectivity index (χ2n) is 2.34. The summed E-state index contributed by atoms with van der Waals surface area (Å²) in [7, 11) is 0. The number of fused-ring (bicyclic) bond motifs is 1. The van der Waals surface area contributed by atoms with Gasteiger partial charge in [0.15, 0.2) is 5.82 Å². The van der Waals surface area contributed by atoms with E-state index in [0.717, 1.165) is 15.8 Å². The first-order valence-electron chi connectivity index (χ1n) is 3.20. The van der Waals surface area contributed by atoms with Gasteiger partial charge in [-0.2, -0.15) is 5.10 Å². The zero-order valence-electron chi connectivity index (χ0n) is 5.70. The van der Waals surface area contributed by atoms with Gasteiger partial charge in [0, 0.05) is 10.3 Å². The Balaban J connectivity index is 2.86. The highest BCUT2D eigenvalue weighted by atomic mass is 32.1. The third-order valence-corrected chi connectivity index (χ3v) is 1.85. The fourth-order valence-corrected chi connectivity index (χ4v) is 1.23. The summed E-state index contributed by atoms with van der Waals surface area (Å²) in [5.41, 5.74) is 6.48. The Morgan fingerprint density at radius 1 is 1.45 bits per heavy atom. The van der Waals surface area contributed by atoms with E-state index in [9.17, 15) is 0 Å². The van der Waals surface area contributed by atoms with Crippen molar-refractivity contribution in [3.05, 3.63) is 18.2 Å². The van der Waals surface area contributed by atoms with E-state index in [0.29, 0.717) is 5.82 Å². The molecule has 0 aliphatic carbocycles. The van der Waals surface area contributed by atoms with Crippen molar-refractivity contribution in [1.29, 1.82) is 0 Å². The SMILES string of the molecule is Nc1n[nH]c2cc(S)ccc12. The lowest BCUT2D eigenvalue weighted by atomic mass is 10.2. The van der Waals surface area contributed by atoms with Crippen molar-refractivity contribution < 1.29 is 0 Å². The molecule has 2 rings (SSSR count). The van der Waals surface area contributed by atoms with E-state index < -0.39 is 0 Å². The highest BCUT2D eigenvalue weighted by Gasteiger charge is 1.99. The van der Waals surface area contributed by atoms with Crippen LogP contribution in [0.5, 0.6) is 0 Å². The number of rotatable bonds is 0. The van der Waals surface area contributed by atoms with Gasteiger partial charge in [-0.25, -0.2) is 0 Å². The minimum absolute atomic E-state index is 0.535. The number of hydrogen-bond acceptors (Lipinski definition) is 3. The third-order valence-electron chi connectivity index (χ3n) is 1.58. The topological polar surface area (TPSA) is 54.7 Å². The summed E-state index contributed by atoms with van der Waals surface area (Å²) in [6.45, 7) is 0. The van der Waals surface area contributed by atoms with Crippen molar-refractivity contribution in [2.75, 3.05) is 5.73 Å². The molecule has 0 saturated carbocycles. The molecule has 11 heavy (non-hydrogen) atoms. The van der Waals surface area contributed by atoms with Crippen LogP contribution in [0.3, 0.4) is 0 Å². The van der Waals surface area contributed by atoms with Gasteiger partial charge in [-0.15, -0.1) is 12.6 Å². The molecule has 1 heterocycles. The number of thiol groups is 1. The average molecular weight is 165 g/mol. The predicted molar refractivity (Wildman–Crippen MR) is 47.8 cm³/mol. The Hall–Kier alpha value is -1.16. The standard InChI is InChI=1S/C7H7N3S/c8-7-5-2-1-4(11)3-6(5)9-10-7/h1-3,11H,(H3,8,9,10). The first-order valence-corrected chi connectivity index (χ1v) is 3.64. The Bertz CT molecular complexity index is 393. The van der Waals surface area contributed by atoms with Gasteiger partial charge in [0.1, 0.15) is 0 Å². The normalized spacial score (nSPS) is 10.6. The summed E-state index contributed by atoms with van der Waals surface area (Å²) in [6, 6.07) is 5.68. The van der Waals surface area contributed by atoms with Crippen LogP contribution >= 0.6 is 12.6 Å². The maximum atomic E-state index is 5.56. The minimum atomic E-state index is 0.535. The van der Waals surface area contributed by atoms with Crippen molar-refractivity contribution in [2.24, 2.45) is 0 Å². The predicted octanol–water partition coefficient (Wildman–Crippen LogP) is 1.43. The Morgan fingerprint density at radius 3 is 3.09 bits per heavy atom. The van der Waals surface area contributed by atoms with E-state index in [1.807, 2.05) is 18.2 Å². The van der Waals surface area contributed by atoms with Crippen molar-refractivity contribution >= 4 is 29.3 Å². The monoisotopic (exact) mass is 165 g/mol. The zero-order chi connectivity index (χ0) is 7.84. The maximum Gasteiger partial charge on any atom is 0.153 e. The fourth-order valence-electron chi connectivity index (χ4n) is 1.03. The van der Waals surface area contributed by atoms with Gasteiger partial charge in [-0.05, 0) is 18.2 Å². The summed E-state index contributed by atoms with van der Waals surface area (Å²) >= 11 is 4.18. The summed E-state index contributed by atoms with van der Waals surface area (Å²) in [6.07, 6.45) is 0. The molecule has 56 valence electrons. The van der Waals surface area contributed by atoms with E-state index in [2.05, 4.69) is 22.8 Å². The number of aromatic amines is 1. The van der Waals surface area contributed by atoms with Crippen LogP contribution < -0.4 is 5.73 Å². The molecule has 3 nitrogen and oxygen atoms in total. The van der Waals surface area contributed by atoms with Crippen LogP contribution in [0.2, 0.25) is 0 Å². The summed E-state index contributed by atoms with van der Waals surface area (Å²) < 4.78 is 0. The van der Waals surface area contributed by atoms with Crippen LogP contribution in [-0.2, 0) is 0 Å². The molecule has 0 atom stereocenters. The fraction of sp³-hybridized carbons (Fsp3) is 0. The number of hydrogen-bond donors (Lipinski definition) is 3. The highest BCUT2D eigenvalue weighted by Crippen LogP contribution is 2.19. The molecule has 1 aromatic heterocycles. The third kappa shape index (κ3) is 0.952. The molecule has 0 saturated heterocycles. The van der Waals surface area contributed by atoms with Crippen molar-refractivity contribution in [3.8, 4) is 0 Å². The van der Waals surface area contributed by atoms with Crippen LogP contribution in [0.1, 0.15) is 0 Å². The molecule has 0 amide bonds. The second-order valence-corrected chi connectivity index (χ2v) is 2.86. The van der Waals surface area contributed by atoms with E-state index in [1.165, 1.54) is 0 Å². The first kappa shape index (κ1) is 6.54. The Morgan fingerprint density at radius 2 is 2.27 bits per heavy atom. The number of benzene rings is 1. The molecule has 1 aromatic carbocycles. The van der Waals surface area contributed by atoms with Crippen LogP contribution in [0.15, 0.2) is 23.1 Å². The number of nitrogens with two attached hydrogens (primary N) is 1. The molecule has 0 radical (unpaired) electrons. The lowest BCUT2D eigenvalue weighted by molar-refractivity contribution is 1.12. The second kappa shape index (κ2) is 2.17. The van der Waals surface area contributed by atoms with E-state index >= 15 is 0 Å². The number of nitrogens with one attached hydrogen (secondary N) is 1. The number of aromatic nitrogens is 2. The van der Waals surface area contributed by atoms with Gasteiger partial charge >= 0.3 is 0 Å². The molecule has 0 unspecified atom stereocenters. The molecule has 2 aromatic rings. The molecule has 0 fully saturated rings. The lowest BCUT2D eigenvalue weighted by Gasteiger charge is -1.90. The van der Waals surface area contributed by atoms with Gasteiger partial charge < -0.3 is 5.73 Å². The van der Waals surface area contributed by atoms with Crippen LogP contribution in [0.4, 0.5) is 5.82 Å². The molecule has 0 aliphatic heterocycles. The van der Waals surface area contributed by atoms with E-state index in [-0.39, 0.29) is 0 Å².